The average Bonchev–Trinajstić information content (AvgIpc) is 2.25. The minimum absolute atomic E-state index is 0.00408. The van der Waals surface area contributed by atoms with Crippen molar-refractivity contribution in [3.63, 3.8) is 0 Å². The fourth-order valence-corrected chi connectivity index (χ4v) is 1.58. The third-order valence-corrected chi connectivity index (χ3v) is 2.53. The summed E-state index contributed by atoms with van der Waals surface area (Å²) in [6.45, 7) is 5.11. The number of carboxylic acids is 1. The lowest BCUT2D eigenvalue weighted by atomic mass is 10.2. The molecule has 0 aliphatic carbocycles. The molecule has 0 spiro atoms. The van der Waals surface area contributed by atoms with Crippen LogP contribution in [-0.2, 0) is 9.53 Å². The summed E-state index contributed by atoms with van der Waals surface area (Å²) >= 11 is 0. The first kappa shape index (κ1) is 12.8. The van der Waals surface area contributed by atoms with Crippen LogP contribution in [0.5, 0.6) is 0 Å². The van der Waals surface area contributed by atoms with Crippen LogP contribution >= 0.6 is 0 Å². The van der Waals surface area contributed by atoms with Gasteiger partial charge in [-0.25, -0.2) is 9.59 Å². The molecule has 1 heterocycles. The minimum Gasteiger partial charge on any atom is -0.480 e. The quantitative estimate of drug-likeness (QED) is 0.730. The number of nitrogens with one attached hydrogen (secondary N) is 1. The predicted octanol–water partition coefficient (Wildman–Crippen LogP) is 0.280. The maximum absolute atomic E-state index is 11.7. The van der Waals surface area contributed by atoms with Crippen LogP contribution in [0.2, 0.25) is 0 Å². The van der Waals surface area contributed by atoms with E-state index in [0.29, 0.717) is 26.1 Å². The molecule has 2 amide bonds. The van der Waals surface area contributed by atoms with Crippen LogP contribution in [0.15, 0.2) is 0 Å². The molecule has 1 saturated heterocycles. The highest BCUT2D eigenvalue weighted by atomic mass is 16.5. The Hall–Kier alpha value is -1.30. The fourth-order valence-electron chi connectivity index (χ4n) is 1.58. The van der Waals surface area contributed by atoms with E-state index in [1.54, 1.807) is 11.8 Å². The molecule has 6 nitrogen and oxygen atoms in total. The molecule has 2 atom stereocenters. The van der Waals surface area contributed by atoms with Crippen molar-refractivity contribution in [1.29, 1.82) is 0 Å². The summed E-state index contributed by atoms with van der Waals surface area (Å²) in [6.07, 6.45) is 0.380. The molecule has 0 saturated carbocycles. The Balaban J connectivity index is 2.47. The van der Waals surface area contributed by atoms with E-state index < -0.39 is 12.0 Å². The second-order valence-corrected chi connectivity index (χ2v) is 3.88. The van der Waals surface area contributed by atoms with Crippen LogP contribution in [0.25, 0.3) is 0 Å². The molecule has 0 bridgehead atoms. The Labute approximate surface area is 94.6 Å². The van der Waals surface area contributed by atoms with Crippen molar-refractivity contribution < 1.29 is 19.4 Å². The molecule has 1 rings (SSSR count). The van der Waals surface area contributed by atoms with Gasteiger partial charge in [0.05, 0.1) is 12.7 Å². The number of urea groups is 1. The first-order valence-corrected chi connectivity index (χ1v) is 5.44. The number of nitrogens with zero attached hydrogens (tertiary/aromatic N) is 1. The van der Waals surface area contributed by atoms with E-state index in [0.717, 1.165) is 0 Å². The van der Waals surface area contributed by atoms with Gasteiger partial charge in [-0.05, 0) is 13.3 Å². The van der Waals surface area contributed by atoms with Gasteiger partial charge in [0.15, 0.2) is 0 Å². The van der Waals surface area contributed by atoms with Crippen molar-refractivity contribution in [1.82, 2.24) is 10.2 Å². The first-order valence-electron chi connectivity index (χ1n) is 5.44. The normalized spacial score (nSPS) is 22.6. The lowest BCUT2D eigenvalue weighted by Gasteiger charge is -2.31. The number of ether oxygens (including phenoxy) is 1. The molecule has 1 aliphatic rings. The van der Waals surface area contributed by atoms with Gasteiger partial charge in [0.25, 0.3) is 0 Å². The summed E-state index contributed by atoms with van der Waals surface area (Å²) in [5, 5.41) is 11.3. The Morgan fingerprint density at radius 2 is 2.31 bits per heavy atom. The molecule has 1 unspecified atom stereocenters. The van der Waals surface area contributed by atoms with Crippen molar-refractivity contribution in [2.75, 3.05) is 19.7 Å². The van der Waals surface area contributed by atoms with Gasteiger partial charge in [0.1, 0.15) is 6.04 Å². The maximum atomic E-state index is 11.7. The van der Waals surface area contributed by atoms with Crippen molar-refractivity contribution in [2.24, 2.45) is 0 Å². The molecule has 2 N–H and O–H groups in total. The summed E-state index contributed by atoms with van der Waals surface area (Å²) in [7, 11) is 0. The first-order chi connectivity index (χ1) is 7.54. The lowest BCUT2D eigenvalue weighted by Crippen LogP contribution is -2.52. The number of carbonyl (C=O) groups is 2. The molecule has 0 aromatic carbocycles. The maximum Gasteiger partial charge on any atom is 0.326 e. The topological polar surface area (TPSA) is 78.9 Å². The summed E-state index contributed by atoms with van der Waals surface area (Å²) < 4.78 is 5.30. The number of hydrogen-bond acceptors (Lipinski definition) is 3. The third-order valence-electron chi connectivity index (χ3n) is 2.53. The van der Waals surface area contributed by atoms with Gasteiger partial charge in [-0.3, -0.25) is 0 Å². The van der Waals surface area contributed by atoms with Crippen molar-refractivity contribution in [2.45, 2.75) is 32.4 Å². The van der Waals surface area contributed by atoms with Crippen LogP contribution in [0, 0.1) is 0 Å². The number of morpholine rings is 1. The number of rotatable bonds is 3. The minimum atomic E-state index is -1.00. The van der Waals surface area contributed by atoms with Gasteiger partial charge >= 0.3 is 12.0 Å². The van der Waals surface area contributed by atoms with Crippen LogP contribution in [-0.4, -0.2) is 53.8 Å². The molecule has 16 heavy (non-hydrogen) atoms. The Morgan fingerprint density at radius 1 is 1.62 bits per heavy atom. The van der Waals surface area contributed by atoms with Crippen LogP contribution < -0.4 is 5.32 Å². The van der Waals surface area contributed by atoms with E-state index in [-0.39, 0.29) is 12.1 Å². The van der Waals surface area contributed by atoms with Gasteiger partial charge in [-0.2, -0.15) is 0 Å². The van der Waals surface area contributed by atoms with Gasteiger partial charge in [0.2, 0.25) is 0 Å². The highest BCUT2D eigenvalue weighted by Gasteiger charge is 2.25. The van der Waals surface area contributed by atoms with E-state index >= 15 is 0 Å². The largest absolute Gasteiger partial charge is 0.480 e. The number of hydrogen-bond donors (Lipinski definition) is 2. The van der Waals surface area contributed by atoms with E-state index in [9.17, 15) is 9.59 Å². The summed E-state index contributed by atoms with van der Waals surface area (Å²) in [5.41, 5.74) is 0. The monoisotopic (exact) mass is 230 g/mol. The van der Waals surface area contributed by atoms with Gasteiger partial charge in [-0.15, -0.1) is 0 Å². The molecular formula is C10H18N2O4. The molecular weight excluding hydrogens is 212 g/mol. The summed E-state index contributed by atoms with van der Waals surface area (Å²) in [4.78, 5) is 24.1. The van der Waals surface area contributed by atoms with E-state index in [1.807, 2.05) is 6.92 Å². The third kappa shape index (κ3) is 3.37. The molecule has 1 fully saturated rings. The highest BCUT2D eigenvalue weighted by Crippen LogP contribution is 2.05. The van der Waals surface area contributed by atoms with Crippen LogP contribution in [0.1, 0.15) is 20.3 Å². The zero-order valence-electron chi connectivity index (χ0n) is 9.60. The molecule has 6 heteroatoms. The second-order valence-electron chi connectivity index (χ2n) is 3.88. The standard InChI is InChI=1S/C10H18N2O4/c1-3-8(9(13)14)11-10(15)12-4-5-16-7(2)6-12/h7-8H,3-6H2,1-2H3,(H,11,15)(H,13,14)/t7?,8-/m1/s1. The molecule has 1 aliphatic heterocycles. The second kappa shape index (κ2) is 5.69. The van der Waals surface area contributed by atoms with Gasteiger partial charge in [-0.1, -0.05) is 6.92 Å². The average molecular weight is 230 g/mol. The molecule has 92 valence electrons. The lowest BCUT2D eigenvalue weighted by molar-refractivity contribution is -0.139. The Kier molecular flexibility index (Phi) is 4.54. The van der Waals surface area contributed by atoms with Gasteiger partial charge < -0.3 is 20.1 Å². The van der Waals surface area contributed by atoms with Crippen LogP contribution in [0.4, 0.5) is 4.79 Å². The number of aliphatic carboxylic acids is 1. The molecule has 0 aromatic heterocycles. The van der Waals surface area contributed by atoms with E-state index in [1.165, 1.54) is 0 Å². The summed E-state index contributed by atoms with van der Waals surface area (Å²) in [5.74, 6) is -1.00. The van der Waals surface area contributed by atoms with E-state index in [4.69, 9.17) is 9.84 Å². The SMILES string of the molecule is CC[C@@H](NC(=O)N1CCOC(C)C1)C(=O)O. The fraction of sp³-hybridized carbons (Fsp3) is 0.800. The molecule has 0 radical (unpaired) electrons. The van der Waals surface area contributed by atoms with Gasteiger partial charge in [0, 0.05) is 13.1 Å². The number of carbonyl (C=O) groups excluding carboxylic acids is 1. The highest BCUT2D eigenvalue weighted by molar-refractivity contribution is 5.82. The Bertz CT molecular complexity index is 270. The van der Waals surface area contributed by atoms with Crippen molar-refractivity contribution >= 4 is 12.0 Å². The summed E-state index contributed by atoms with van der Waals surface area (Å²) in [6, 6.07) is -1.14. The number of amides is 2. The van der Waals surface area contributed by atoms with E-state index in [2.05, 4.69) is 5.32 Å². The zero-order valence-corrected chi connectivity index (χ0v) is 9.60. The molecule has 0 aromatic rings. The Morgan fingerprint density at radius 3 is 2.81 bits per heavy atom. The number of carboxylic acid groups (broad SMARTS) is 1. The van der Waals surface area contributed by atoms with Crippen molar-refractivity contribution in [3.8, 4) is 0 Å². The predicted molar refractivity (Wildman–Crippen MR) is 57.2 cm³/mol. The van der Waals surface area contributed by atoms with Crippen LogP contribution in [0.3, 0.4) is 0 Å². The van der Waals surface area contributed by atoms with Crippen molar-refractivity contribution in [3.05, 3.63) is 0 Å². The smallest absolute Gasteiger partial charge is 0.326 e. The zero-order chi connectivity index (χ0) is 12.1.